The van der Waals surface area contributed by atoms with Gasteiger partial charge in [0.05, 0.1) is 13.2 Å². The number of unbranched alkanes of at least 4 members (excludes halogenated alkanes) is 33. The van der Waals surface area contributed by atoms with E-state index in [1.807, 2.05) is 12.2 Å². The molecule has 4 N–H and O–H groups in total. The number of rotatable bonds is 45. The molecule has 10 heteroatoms. The van der Waals surface area contributed by atoms with Crippen molar-refractivity contribution in [2.45, 2.75) is 282 Å². The Hall–Kier alpha value is -1.82. The standard InChI is InChI=1S/C53H98O10/c1-3-5-7-9-11-13-15-17-19-20-21-22-23-24-25-26-28-30-32-34-36-38-40-42-49(56)62-46(45-61-53-52(59)51(58)50(57)47(43-54)63-53)44-60-48(55)41-39-37-35-33-31-29-27-18-16-14-12-10-8-6-4-2/h35,37,39,41,46-47,50-54,57-59H,3-34,36,38,40,42-45H2,1-2H3/b37-35+,41-39+/t46-,47-,50+,51?,52?,53-/m1/s1. The van der Waals surface area contributed by atoms with Crippen LogP contribution in [0.4, 0.5) is 0 Å². The van der Waals surface area contributed by atoms with Gasteiger partial charge in [-0.05, 0) is 19.3 Å². The van der Waals surface area contributed by atoms with Crippen molar-refractivity contribution in [2.75, 3.05) is 19.8 Å². The van der Waals surface area contributed by atoms with E-state index in [9.17, 15) is 30.0 Å². The first kappa shape index (κ1) is 59.2. The van der Waals surface area contributed by atoms with Crippen molar-refractivity contribution < 1.29 is 49.0 Å². The third-order valence-electron chi connectivity index (χ3n) is 12.4. The molecular formula is C53H98O10. The maximum absolute atomic E-state index is 12.8. The first-order valence-corrected chi connectivity index (χ1v) is 26.5. The monoisotopic (exact) mass is 895 g/mol. The van der Waals surface area contributed by atoms with E-state index in [0.717, 1.165) is 32.1 Å². The molecule has 0 radical (unpaired) electrons. The van der Waals surface area contributed by atoms with Gasteiger partial charge in [-0.3, -0.25) is 4.79 Å². The number of aliphatic hydroxyl groups excluding tert-OH is 4. The zero-order chi connectivity index (χ0) is 45.9. The highest BCUT2D eigenvalue weighted by Crippen LogP contribution is 2.23. The topological polar surface area (TPSA) is 152 Å². The normalized spacial score (nSPS) is 19.6. The second kappa shape index (κ2) is 44.0. The summed E-state index contributed by atoms with van der Waals surface area (Å²) < 4.78 is 22.1. The zero-order valence-electron chi connectivity index (χ0n) is 40.6. The van der Waals surface area contributed by atoms with Crippen molar-refractivity contribution in [1.29, 1.82) is 0 Å². The number of aliphatic hydroxyl groups is 4. The quantitative estimate of drug-likeness (QED) is 0.0201. The van der Waals surface area contributed by atoms with E-state index in [-0.39, 0.29) is 19.6 Å². The summed E-state index contributed by atoms with van der Waals surface area (Å²) in [6.45, 7) is 3.35. The van der Waals surface area contributed by atoms with E-state index in [0.29, 0.717) is 6.42 Å². The van der Waals surface area contributed by atoms with Crippen molar-refractivity contribution in [3.05, 3.63) is 24.3 Å². The van der Waals surface area contributed by atoms with Crippen molar-refractivity contribution in [2.24, 2.45) is 0 Å². The summed E-state index contributed by atoms with van der Waals surface area (Å²) in [7, 11) is 0. The number of allylic oxidation sites excluding steroid dienone is 3. The van der Waals surface area contributed by atoms with Crippen molar-refractivity contribution in [3.8, 4) is 0 Å². The minimum atomic E-state index is -1.60. The Morgan fingerprint density at radius 3 is 1.37 bits per heavy atom. The molecule has 0 aromatic rings. The van der Waals surface area contributed by atoms with Crippen molar-refractivity contribution in [3.63, 3.8) is 0 Å². The van der Waals surface area contributed by atoms with Gasteiger partial charge in [0, 0.05) is 12.5 Å². The molecule has 1 heterocycles. The van der Waals surface area contributed by atoms with Gasteiger partial charge in [0.1, 0.15) is 31.0 Å². The minimum Gasteiger partial charge on any atom is -0.458 e. The Morgan fingerprint density at radius 1 is 0.524 bits per heavy atom. The predicted octanol–water partition coefficient (Wildman–Crippen LogP) is 12.5. The van der Waals surface area contributed by atoms with E-state index in [4.69, 9.17) is 18.9 Å². The molecule has 1 aliphatic heterocycles. The number of ether oxygens (including phenoxy) is 4. The number of carbonyl (C=O) groups excluding carboxylic acids is 2. The van der Waals surface area contributed by atoms with Crippen LogP contribution < -0.4 is 0 Å². The van der Waals surface area contributed by atoms with Crippen molar-refractivity contribution >= 4 is 11.9 Å². The van der Waals surface area contributed by atoms with Gasteiger partial charge in [-0.15, -0.1) is 0 Å². The molecule has 0 bridgehead atoms. The molecule has 0 amide bonds. The Labute approximate surface area is 385 Å². The van der Waals surface area contributed by atoms with Gasteiger partial charge in [-0.2, -0.15) is 0 Å². The summed E-state index contributed by atoms with van der Waals surface area (Å²) in [4.78, 5) is 25.3. The molecule has 1 saturated heterocycles. The Morgan fingerprint density at radius 2 is 0.937 bits per heavy atom. The van der Waals surface area contributed by atoms with Crippen LogP contribution in [0.3, 0.4) is 0 Å². The molecular weight excluding hydrogens is 797 g/mol. The summed E-state index contributed by atoms with van der Waals surface area (Å²) in [5, 5.41) is 40.2. The third kappa shape index (κ3) is 35.1. The highest BCUT2D eigenvalue weighted by molar-refractivity contribution is 5.82. The highest BCUT2D eigenvalue weighted by atomic mass is 16.7. The molecule has 370 valence electrons. The summed E-state index contributed by atoms with van der Waals surface area (Å²) in [5.41, 5.74) is 0. The highest BCUT2D eigenvalue weighted by Gasteiger charge is 2.44. The van der Waals surface area contributed by atoms with Crippen LogP contribution in [0.25, 0.3) is 0 Å². The number of carbonyl (C=O) groups is 2. The fourth-order valence-electron chi connectivity index (χ4n) is 8.28. The largest absolute Gasteiger partial charge is 0.458 e. The SMILES string of the molecule is CCCCCCCCCCCCC/C=C/C=C/C(=O)OC[C@H](CO[C@@H]1O[C@H](CO)[C@H](O)C(O)C1O)OC(=O)CCCCCCCCCCCCCCCCCCCCCCCCC. The third-order valence-corrected chi connectivity index (χ3v) is 12.4. The van der Waals surface area contributed by atoms with Gasteiger partial charge < -0.3 is 39.4 Å². The summed E-state index contributed by atoms with van der Waals surface area (Å²) in [5.74, 6) is -1.05. The predicted molar refractivity (Wildman–Crippen MR) is 256 cm³/mol. The molecule has 0 aromatic heterocycles. The van der Waals surface area contributed by atoms with E-state index in [1.54, 1.807) is 6.08 Å². The Balaban J connectivity index is 2.25. The van der Waals surface area contributed by atoms with Gasteiger partial charge in [-0.1, -0.05) is 238 Å². The molecule has 1 rings (SSSR count). The molecule has 1 aliphatic rings. The van der Waals surface area contributed by atoms with Crippen LogP contribution in [-0.2, 0) is 28.5 Å². The second-order valence-corrected chi connectivity index (χ2v) is 18.4. The lowest BCUT2D eigenvalue weighted by molar-refractivity contribution is -0.305. The average Bonchev–Trinajstić information content (AvgIpc) is 3.28. The lowest BCUT2D eigenvalue weighted by Gasteiger charge is -2.39. The zero-order valence-corrected chi connectivity index (χ0v) is 40.6. The van der Waals surface area contributed by atoms with Gasteiger partial charge in [0.25, 0.3) is 0 Å². The van der Waals surface area contributed by atoms with Crippen LogP contribution in [0.1, 0.15) is 245 Å². The van der Waals surface area contributed by atoms with Gasteiger partial charge in [0.2, 0.25) is 0 Å². The minimum absolute atomic E-state index is 0.216. The van der Waals surface area contributed by atoms with Gasteiger partial charge in [0.15, 0.2) is 12.4 Å². The smallest absolute Gasteiger partial charge is 0.330 e. The molecule has 0 aliphatic carbocycles. The summed E-state index contributed by atoms with van der Waals surface area (Å²) in [6.07, 6.45) is 44.0. The van der Waals surface area contributed by atoms with Crippen LogP contribution in [0.5, 0.6) is 0 Å². The maximum atomic E-state index is 12.8. The lowest BCUT2D eigenvalue weighted by atomic mass is 9.99. The van der Waals surface area contributed by atoms with E-state index < -0.39 is 55.4 Å². The molecule has 10 nitrogen and oxygen atoms in total. The first-order chi connectivity index (χ1) is 30.8. The molecule has 0 aromatic carbocycles. The van der Waals surface area contributed by atoms with Crippen LogP contribution in [0, 0.1) is 0 Å². The van der Waals surface area contributed by atoms with Crippen LogP contribution in [-0.4, -0.2) is 89.0 Å². The van der Waals surface area contributed by atoms with Crippen LogP contribution >= 0.6 is 0 Å². The first-order valence-electron chi connectivity index (χ1n) is 26.5. The van der Waals surface area contributed by atoms with Gasteiger partial charge in [-0.25, -0.2) is 4.79 Å². The molecule has 2 unspecified atom stereocenters. The van der Waals surface area contributed by atoms with E-state index in [1.165, 1.54) is 192 Å². The molecule has 1 fully saturated rings. The van der Waals surface area contributed by atoms with E-state index in [2.05, 4.69) is 13.8 Å². The Bertz CT molecular complexity index is 1080. The summed E-state index contributed by atoms with van der Waals surface area (Å²) in [6, 6.07) is 0. The fraction of sp³-hybridized carbons (Fsp3) is 0.887. The molecule has 0 saturated carbocycles. The maximum Gasteiger partial charge on any atom is 0.330 e. The van der Waals surface area contributed by atoms with Gasteiger partial charge >= 0.3 is 11.9 Å². The molecule has 63 heavy (non-hydrogen) atoms. The average molecular weight is 895 g/mol. The lowest BCUT2D eigenvalue weighted by Crippen LogP contribution is -2.59. The summed E-state index contributed by atoms with van der Waals surface area (Å²) >= 11 is 0. The number of esters is 2. The fourth-order valence-corrected chi connectivity index (χ4v) is 8.28. The molecule has 6 atom stereocenters. The van der Waals surface area contributed by atoms with Crippen LogP contribution in [0.2, 0.25) is 0 Å². The second-order valence-electron chi connectivity index (χ2n) is 18.4. The van der Waals surface area contributed by atoms with Crippen molar-refractivity contribution in [1.82, 2.24) is 0 Å². The Kier molecular flexibility index (Phi) is 41.4. The van der Waals surface area contributed by atoms with Crippen LogP contribution in [0.15, 0.2) is 24.3 Å². The number of hydrogen-bond acceptors (Lipinski definition) is 10. The molecule has 0 spiro atoms. The van der Waals surface area contributed by atoms with E-state index >= 15 is 0 Å². The number of hydrogen-bond donors (Lipinski definition) is 4.